The minimum Gasteiger partial charge on any atom is -0.493 e. The van der Waals surface area contributed by atoms with E-state index >= 15 is 0 Å². The Morgan fingerprint density at radius 2 is 1.70 bits per heavy atom. The maximum absolute atomic E-state index is 12.6. The van der Waals surface area contributed by atoms with Crippen LogP contribution in [0, 0.1) is 17.8 Å². The largest absolute Gasteiger partial charge is 0.493 e. The van der Waals surface area contributed by atoms with Gasteiger partial charge in [-0.05, 0) is 24.0 Å². The number of Topliss-reactive ketones (excluding diaryl/α,β-unsaturated/α-hetero) is 2. The van der Waals surface area contributed by atoms with Crippen LogP contribution in [0.3, 0.4) is 0 Å². The number of carbonyl (C=O) groups excluding carboxylic acids is 2. The van der Waals surface area contributed by atoms with Gasteiger partial charge in [-0.15, -0.1) is 0 Å². The van der Waals surface area contributed by atoms with Gasteiger partial charge in [-0.3, -0.25) is 9.59 Å². The highest BCUT2D eigenvalue weighted by molar-refractivity contribution is 6.16. The van der Waals surface area contributed by atoms with Crippen molar-refractivity contribution in [1.82, 2.24) is 0 Å². The molecule has 0 spiro atoms. The molecule has 0 unspecified atom stereocenters. The van der Waals surface area contributed by atoms with Gasteiger partial charge in [0.2, 0.25) is 5.78 Å². The summed E-state index contributed by atoms with van der Waals surface area (Å²) in [7, 11) is 1.51. The number of fused-ring (bicyclic) bond motifs is 2. The van der Waals surface area contributed by atoms with E-state index in [0.717, 1.165) is 11.1 Å². The molecule has 104 valence electrons. The van der Waals surface area contributed by atoms with Gasteiger partial charge < -0.3 is 4.74 Å². The second kappa shape index (κ2) is 4.58. The fourth-order valence-corrected chi connectivity index (χ4v) is 3.95. The molecular formula is C17H18O3. The van der Waals surface area contributed by atoms with E-state index in [1.54, 1.807) is 0 Å². The molecule has 1 aromatic rings. The van der Waals surface area contributed by atoms with Crippen molar-refractivity contribution in [2.45, 2.75) is 19.8 Å². The van der Waals surface area contributed by atoms with Gasteiger partial charge in [0, 0.05) is 11.8 Å². The molecule has 3 heteroatoms. The van der Waals surface area contributed by atoms with Gasteiger partial charge in [-0.2, -0.15) is 0 Å². The monoisotopic (exact) mass is 270 g/mol. The van der Waals surface area contributed by atoms with Crippen LogP contribution in [0.1, 0.15) is 25.3 Å². The number of ether oxygens (including phenoxy) is 1. The van der Waals surface area contributed by atoms with Crippen molar-refractivity contribution in [3.63, 3.8) is 0 Å². The van der Waals surface area contributed by atoms with E-state index in [-0.39, 0.29) is 29.3 Å². The van der Waals surface area contributed by atoms with E-state index in [4.69, 9.17) is 4.74 Å². The van der Waals surface area contributed by atoms with Crippen LogP contribution >= 0.6 is 0 Å². The maximum atomic E-state index is 12.6. The first-order chi connectivity index (χ1) is 9.57. The van der Waals surface area contributed by atoms with Crippen LogP contribution in [0.15, 0.2) is 41.7 Å². The van der Waals surface area contributed by atoms with E-state index in [9.17, 15) is 9.59 Å². The average molecular weight is 270 g/mol. The number of hydrogen-bond donors (Lipinski definition) is 0. The Hall–Kier alpha value is -1.90. The quantitative estimate of drug-likeness (QED) is 0.776. The molecule has 0 saturated heterocycles. The van der Waals surface area contributed by atoms with E-state index in [1.807, 2.05) is 37.3 Å². The smallest absolute Gasteiger partial charge is 0.208 e. The third-order valence-corrected chi connectivity index (χ3v) is 4.78. The van der Waals surface area contributed by atoms with Gasteiger partial charge in [-0.25, -0.2) is 0 Å². The topological polar surface area (TPSA) is 43.4 Å². The molecular weight excluding hydrogens is 252 g/mol. The number of rotatable bonds is 2. The Morgan fingerprint density at radius 3 is 2.30 bits per heavy atom. The van der Waals surface area contributed by atoms with Gasteiger partial charge >= 0.3 is 0 Å². The standard InChI is InChI=1S/C17H18O3/c1-9-12-10(2)17(20-3)16(19)14(15(12)18)13(9)11-7-5-4-6-8-11/h4-9,12-14H,1-3H3/t9-,12+,13-,14+/m0/s1. The summed E-state index contributed by atoms with van der Waals surface area (Å²) in [4.78, 5) is 25.1. The predicted octanol–water partition coefficient (Wildman–Crippen LogP) is 2.72. The summed E-state index contributed by atoms with van der Waals surface area (Å²) in [5, 5.41) is 0. The summed E-state index contributed by atoms with van der Waals surface area (Å²) in [6, 6.07) is 9.87. The van der Waals surface area contributed by atoms with Crippen LogP contribution < -0.4 is 0 Å². The van der Waals surface area contributed by atoms with Crippen molar-refractivity contribution < 1.29 is 14.3 Å². The number of allylic oxidation sites excluding steroid dienone is 2. The zero-order valence-corrected chi connectivity index (χ0v) is 11.9. The normalized spacial score (nSPS) is 32.8. The van der Waals surface area contributed by atoms with E-state index in [1.165, 1.54) is 7.11 Å². The number of hydrogen-bond acceptors (Lipinski definition) is 3. The predicted molar refractivity (Wildman–Crippen MR) is 75.1 cm³/mol. The Balaban J connectivity index is 2.12. The summed E-state index contributed by atoms with van der Waals surface area (Å²) in [5.74, 6) is -0.354. The first kappa shape index (κ1) is 13.1. The fourth-order valence-electron chi connectivity index (χ4n) is 3.95. The van der Waals surface area contributed by atoms with Crippen molar-refractivity contribution in [2.24, 2.45) is 17.8 Å². The molecule has 0 N–H and O–H groups in total. The molecule has 2 aliphatic carbocycles. The van der Waals surface area contributed by atoms with Crippen LogP contribution in [0.5, 0.6) is 0 Å². The van der Waals surface area contributed by atoms with Crippen LogP contribution in [-0.2, 0) is 14.3 Å². The molecule has 0 radical (unpaired) electrons. The zero-order chi connectivity index (χ0) is 14.4. The van der Waals surface area contributed by atoms with Gasteiger partial charge in [0.25, 0.3) is 0 Å². The lowest BCUT2D eigenvalue weighted by Crippen LogP contribution is -2.33. The third kappa shape index (κ3) is 1.59. The van der Waals surface area contributed by atoms with Crippen molar-refractivity contribution >= 4 is 11.6 Å². The second-order valence-corrected chi connectivity index (χ2v) is 5.73. The Kier molecular flexibility index (Phi) is 3.00. The van der Waals surface area contributed by atoms with Crippen LogP contribution in [0.4, 0.5) is 0 Å². The lowest BCUT2D eigenvalue weighted by molar-refractivity contribution is -0.133. The molecule has 0 heterocycles. The number of ketones is 2. The molecule has 1 saturated carbocycles. The van der Waals surface area contributed by atoms with Crippen LogP contribution in [-0.4, -0.2) is 18.7 Å². The lowest BCUT2D eigenvalue weighted by Gasteiger charge is -2.22. The first-order valence-electron chi connectivity index (χ1n) is 6.95. The van der Waals surface area contributed by atoms with Crippen LogP contribution in [0.25, 0.3) is 0 Å². The Labute approximate surface area is 118 Å². The molecule has 20 heavy (non-hydrogen) atoms. The molecule has 1 fully saturated rings. The first-order valence-corrected chi connectivity index (χ1v) is 6.95. The highest BCUT2D eigenvalue weighted by Crippen LogP contribution is 2.52. The summed E-state index contributed by atoms with van der Waals surface area (Å²) in [6.07, 6.45) is 0. The summed E-state index contributed by atoms with van der Waals surface area (Å²) < 4.78 is 5.26. The fraction of sp³-hybridized carbons (Fsp3) is 0.412. The molecule has 2 bridgehead atoms. The van der Waals surface area contributed by atoms with E-state index < -0.39 is 5.92 Å². The summed E-state index contributed by atoms with van der Waals surface area (Å²) in [5.41, 5.74) is 1.86. The number of benzene rings is 1. The highest BCUT2D eigenvalue weighted by Gasteiger charge is 2.56. The van der Waals surface area contributed by atoms with E-state index in [0.29, 0.717) is 5.76 Å². The molecule has 0 aromatic heterocycles. The lowest BCUT2D eigenvalue weighted by atomic mass is 9.82. The van der Waals surface area contributed by atoms with Crippen molar-refractivity contribution in [2.75, 3.05) is 7.11 Å². The molecule has 3 rings (SSSR count). The molecule has 4 atom stereocenters. The zero-order valence-electron chi connectivity index (χ0n) is 11.9. The Bertz CT molecular complexity index is 600. The van der Waals surface area contributed by atoms with Crippen LogP contribution in [0.2, 0.25) is 0 Å². The Morgan fingerprint density at radius 1 is 1.05 bits per heavy atom. The molecule has 3 nitrogen and oxygen atoms in total. The maximum Gasteiger partial charge on any atom is 0.208 e. The SMILES string of the molecule is COC1=C(C)[C@@H]2C(=O)[C@H](C1=O)[C@H](c1ccccc1)[C@H]2C. The molecule has 1 aromatic carbocycles. The van der Waals surface area contributed by atoms with Crippen molar-refractivity contribution in [1.29, 1.82) is 0 Å². The molecule has 0 aliphatic heterocycles. The minimum absolute atomic E-state index is 0.0381. The van der Waals surface area contributed by atoms with Gasteiger partial charge in [-0.1, -0.05) is 37.3 Å². The van der Waals surface area contributed by atoms with Gasteiger partial charge in [0.15, 0.2) is 11.5 Å². The number of carbonyl (C=O) groups is 2. The van der Waals surface area contributed by atoms with E-state index in [2.05, 4.69) is 6.92 Å². The minimum atomic E-state index is -0.573. The summed E-state index contributed by atoms with van der Waals surface area (Å²) in [6.45, 7) is 3.91. The molecule has 2 aliphatic rings. The highest BCUT2D eigenvalue weighted by atomic mass is 16.5. The van der Waals surface area contributed by atoms with Crippen molar-refractivity contribution in [3.05, 3.63) is 47.2 Å². The third-order valence-electron chi connectivity index (χ3n) is 4.78. The van der Waals surface area contributed by atoms with Gasteiger partial charge in [0.05, 0.1) is 13.0 Å². The second-order valence-electron chi connectivity index (χ2n) is 5.73. The number of methoxy groups -OCH3 is 1. The molecule has 0 amide bonds. The summed E-state index contributed by atoms with van der Waals surface area (Å²) >= 11 is 0. The van der Waals surface area contributed by atoms with Crippen molar-refractivity contribution in [3.8, 4) is 0 Å². The van der Waals surface area contributed by atoms with Gasteiger partial charge in [0.1, 0.15) is 0 Å². The average Bonchev–Trinajstić information content (AvgIpc) is 2.66.